The molecule has 1 N–H and O–H groups in total. The third-order valence-electron chi connectivity index (χ3n) is 5.94. The van der Waals surface area contributed by atoms with Gasteiger partial charge in [-0.1, -0.05) is 23.4 Å². The molecule has 4 rings (SSSR count). The number of oxime groups is 1. The van der Waals surface area contributed by atoms with Crippen LogP contribution in [0.15, 0.2) is 41.6 Å². The number of carbonyl (C=O) groups excluding carboxylic acids is 1. The summed E-state index contributed by atoms with van der Waals surface area (Å²) in [7, 11) is 0. The lowest BCUT2D eigenvalue weighted by Gasteiger charge is -2.17. The minimum absolute atomic E-state index is 0.00967. The van der Waals surface area contributed by atoms with Crippen LogP contribution >= 0.6 is 0 Å². The van der Waals surface area contributed by atoms with Crippen molar-refractivity contribution in [1.82, 2.24) is 4.98 Å². The van der Waals surface area contributed by atoms with Crippen LogP contribution in [0.25, 0.3) is 11.3 Å². The van der Waals surface area contributed by atoms with Crippen LogP contribution in [-0.4, -0.2) is 28.4 Å². The Morgan fingerprint density at radius 3 is 2.53 bits per heavy atom. The van der Waals surface area contributed by atoms with E-state index in [1.165, 1.54) is 43.3 Å². The predicted octanol–water partition coefficient (Wildman–Crippen LogP) is 5.81. The lowest BCUT2D eigenvalue weighted by atomic mass is 9.95. The maximum absolute atomic E-state index is 15.1. The summed E-state index contributed by atoms with van der Waals surface area (Å²) in [6.07, 6.45) is -4.55. The second-order valence-corrected chi connectivity index (χ2v) is 8.54. The number of pyridine rings is 1. The van der Waals surface area contributed by atoms with Gasteiger partial charge in [0.05, 0.1) is 12.0 Å². The van der Waals surface area contributed by atoms with Crippen molar-refractivity contribution in [3.8, 4) is 22.8 Å². The molecule has 0 aliphatic carbocycles. The van der Waals surface area contributed by atoms with Crippen LogP contribution in [0.5, 0.6) is 11.5 Å². The SMILES string of the molecule is Cc1cc(OCC2=NOC(=O)C2)c(F)c(C)c1Cc1ccc(O)c(-c2cccc(C)c2C(F)(F)F)n1. The van der Waals surface area contributed by atoms with Crippen LogP contribution in [0.4, 0.5) is 17.6 Å². The lowest BCUT2D eigenvalue weighted by molar-refractivity contribution is -0.140. The third kappa shape index (κ3) is 5.02. The number of alkyl halides is 3. The lowest BCUT2D eigenvalue weighted by Crippen LogP contribution is -2.12. The summed E-state index contributed by atoms with van der Waals surface area (Å²) < 4.78 is 61.8. The van der Waals surface area contributed by atoms with Gasteiger partial charge in [0.2, 0.25) is 0 Å². The van der Waals surface area contributed by atoms with E-state index in [1.807, 2.05) is 0 Å². The Hall–Kier alpha value is -3.95. The Balaban J connectivity index is 1.65. The molecular weight excluding hydrogens is 480 g/mol. The molecule has 0 amide bonds. The number of aromatic hydroxyl groups is 1. The first kappa shape index (κ1) is 25.2. The van der Waals surface area contributed by atoms with E-state index < -0.39 is 29.3 Å². The van der Waals surface area contributed by atoms with Crippen molar-refractivity contribution in [1.29, 1.82) is 0 Å². The molecule has 1 aliphatic rings. The minimum atomic E-state index is -4.64. The van der Waals surface area contributed by atoms with Gasteiger partial charge in [-0.25, -0.2) is 14.2 Å². The van der Waals surface area contributed by atoms with Gasteiger partial charge >= 0.3 is 12.1 Å². The van der Waals surface area contributed by atoms with Crippen molar-refractivity contribution in [3.05, 3.63) is 75.7 Å². The molecule has 188 valence electrons. The number of aromatic nitrogens is 1. The Morgan fingerprint density at radius 1 is 1.11 bits per heavy atom. The molecule has 3 aromatic rings. The smallest absolute Gasteiger partial charge is 0.417 e. The van der Waals surface area contributed by atoms with Crippen LogP contribution in [0.1, 0.15) is 39.9 Å². The van der Waals surface area contributed by atoms with Gasteiger partial charge in [0.15, 0.2) is 11.6 Å². The van der Waals surface area contributed by atoms with Gasteiger partial charge in [-0.2, -0.15) is 13.2 Å². The molecular formula is C26H22F4N2O4. The molecule has 0 fully saturated rings. The van der Waals surface area contributed by atoms with Gasteiger partial charge in [0.1, 0.15) is 23.8 Å². The highest BCUT2D eigenvalue weighted by molar-refractivity contribution is 6.02. The Labute approximate surface area is 204 Å². The largest absolute Gasteiger partial charge is 0.506 e. The summed E-state index contributed by atoms with van der Waals surface area (Å²) in [6, 6.07) is 8.34. The zero-order valence-corrected chi connectivity index (χ0v) is 19.7. The van der Waals surface area contributed by atoms with E-state index in [0.29, 0.717) is 22.5 Å². The number of hydrogen-bond acceptors (Lipinski definition) is 6. The molecule has 0 spiro atoms. The van der Waals surface area contributed by atoms with Crippen molar-refractivity contribution < 1.29 is 37.0 Å². The normalized spacial score (nSPS) is 13.5. The molecule has 0 atom stereocenters. The van der Waals surface area contributed by atoms with E-state index in [9.17, 15) is 23.1 Å². The number of nitrogens with zero attached hydrogens (tertiary/aromatic N) is 2. The monoisotopic (exact) mass is 502 g/mol. The third-order valence-corrected chi connectivity index (χ3v) is 5.94. The number of benzene rings is 2. The van der Waals surface area contributed by atoms with Gasteiger partial charge in [-0.3, -0.25) is 0 Å². The number of carbonyl (C=O) groups is 1. The maximum Gasteiger partial charge on any atom is 0.417 e. The first-order chi connectivity index (χ1) is 17.0. The molecule has 0 unspecified atom stereocenters. The van der Waals surface area contributed by atoms with E-state index in [1.54, 1.807) is 13.8 Å². The van der Waals surface area contributed by atoms with Crippen LogP contribution in [0, 0.1) is 26.6 Å². The maximum atomic E-state index is 15.1. The molecule has 0 saturated heterocycles. The zero-order chi connectivity index (χ0) is 26.2. The second-order valence-electron chi connectivity index (χ2n) is 8.54. The highest BCUT2D eigenvalue weighted by Crippen LogP contribution is 2.41. The average molecular weight is 502 g/mol. The fraction of sp³-hybridized carbons (Fsp3) is 0.269. The van der Waals surface area contributed by atoms with E-state index in [4.69, 9.17) is 4.74 Å². The van der Waals surface area contributed by atoms with Crippen molar-refractivity contribution >= 4 is 11.7 Å². The quantitative estimate of drug-likeness (QED) is 0.340. The molecule has 0 bridgehead atoms. The second kappa shape index (κ2) is 9.60. The van der Waals surface area contributed by atoms with Crippen molar-refractivity contribution in [2.24, 2.45) is 5.16 Å². The predicted molar refractivity (Wildman–Crippen MR) is 123 cm³/mol. The van der Waals surface area contributed by atoms with Gasteiger partial charge in [-0.15, -0.1) is 0 Å². The molecule has 6 nitrogen and oxygen atoms in total. The molecule has 0 radical (unpaired) electrons. The van der Waals surface area contributed by atoms with Gasteiger partial charge in [0, 0.05) is 17.7 Å². The summed E-state index contributed by atoms with van der Waals surface area (Å²) >= 11 is 0. The highest BCUT2D eigenvalue weighted by atomic mass is 19.4. The van der Waals surface area contributed by atoms with E-state index in [2.05, 4.69) is 15.0 Å². The number of ether oxygens (including phenoxy) is 1. The van der Waals surface area contributed by atoms with Crippen LogP contribution in [0.2, 0.25) is 0 Å². The Bertz CT molecular complexity index is 1380. The fourth-order valence-electron chi connectivity index (χ4n) is 4.13. The first-order valence-electron chi connectivity index (χ1n) is 11.0. The molecule has 1 aromatic heterocycles. The van der Waals surface area contributed by atoms with E-state index in [0.717, 1.165) is 0 Å². The molecule has 2 heterocycles. The van der Waals surface area contributed by atoms with Crippen LogP contribution < -0.4 is 4.74 Å². The van der Waals surface area contributed by atoms with Gasteiger partial charge in [-0.05, 0) is 61.2 Å². The molecule has 36 heavy (non-hydrogen) atoms. The average Bonchev–Trinajstić information content (AvgIpc) is 3.23. The topological polar surface area (TPSA) is 81.0 Å². The number of rotatable bonds is 6. The van der Waals surface area contributed by atoms with Crippen molar-refractivity contribution in [2.45, 2.75) is 39.8 Å². The molecule has 10 heteroatoms. The summed E-state index contributed by atoms with van der Waals surface area (Å²) in [4.78, 5) is 19.9. The summed E-state index contributed by atoms with van der Waals surface area (Å²) in [6.45, 7) is 4.55. The molecule has 1 aliphatic heterocycles. The van der Waals surface area contributed by atoms with Crippen molar-refractivity contribution in [2.75, 3.05) is 6.61 Å². The van der Waals surface area contributed by atoms with Crippen LogP contribution in [-0.2, 0) is 22.2 Å². The Kier molecular flexibility index (Phi) is 6.71. The summed E-state index contributed by atoms with van der Waals surface area (Å²) in [5.74, 6) is -1.54. The van der Waals surface area contributed by atoms with E-state index >= 15 is 4.39 Å². The van der Waals surface area contributed by atoms with Gasteiger partial charge in [0.25, 0.3) is 0 Å². The fourth-order valence-corrected chi connectivity index (χ4v) is 4.13. The summed E-state index contributed by atoms with van der Waals surface area (Å²) in [5, 5.41) is 13.9. The molecule has 2 aromatic carbocycles. The standard InChI is InChI=1S/C26H22F4N2O4/c1-13-5-4-6-18(23(13)26(28,29)30)25-20(33)8-7-16(31-25)10-19-14(2)9-21(24(27)15(19)3)35-12-17-11-22(34)36-32-17/h4-9,33H,10-12H2,1-3H3. The number of halogens is 4. The zero-order valence-electron chi connectivity index (χ0n) is 19.7. The van der Waals surface area contributed by atoms with Crippen molar-refractivity contribution in [3.63, 3.8) is 0 Å². The van der Waals surface area contributed by atoms with Crippen LogP contribution in [0.3, 0.4) is 0 Å². The minimum Gasteiger partial charge on any atom is -0.506 e. The first-order valence-corrected chi connectivity index (χ1v) is 11.0. The number of aryl methyl sites for hydroxylation is 2. The van der Waals surface area contributed by atoms with Gasteiger partial charge < -0.3 is 14.7 Å². The Morgan fingerprint density at radius 2 is 1.86 bits per heavy atom. The highest BCUT2D eigenvalue weighted by Gasteiger charge is 2.36. The summed E-state index contributed by atoms with van der Waals surface area (Å²) in [5.41, 5.74) is 0.944. The number of hydrogen-bond donors (Lipinski definition) is 1. The molecule has 0 saturated carbocycles. The van der Waals surface area contributed by atoms with E-state index in [-0.39, 0.29) is 47.6 Å².